The summed E-state index contributed by atoms with van der Waals surface area (Å²) < 4.78 is 0. The number of pyridine rings is 1. The average molecular weight is 160 g/mol. The van der Waals surface area contributed by atoms with Crippen molar-refractivity contribution in [2.24, 2.45) is 0 Å². The highest BCUT2D eigenvalue weighted by Gasteiger charge is 2.03. The van der Waals surface area contributed by atoms with Crippen LogP contribution in [0.4, 0.5) is 0 Å². The lowest BCUT2D eigenvalue weighted by Gasteiger charge is -2.03. The van der Waals surface area contributed by atoms with E-state index < -0.39 is 0 Å². The van der Waals surface area contributed by atoms with Crippen LogP contribution >= 0.6 is 0 Å². The molecule has 0 fully saturated rings. The predicted octanol–water partition coefficient (Wildman–Crippen LogP) is 2.13. The SMILES string of the molecule is CCc1cc(C)c(C)nc1C#N. The monoisotopic (exact) mass is 160 g/mol. The number of nitriles is 1. The number of aryl methyl sites for hydroxylation is 3. The van der Waals surface area contributed by atoms with Crippen LogP contribution in [0.1, 0.15) is 29.4 Å². The second-order valence-corrected chi connectivity index (χ2v) is 2.86. The molecule has 1 aromatic heterocycles. The van der Waals surface area contributed by atoms with Crippen molar-refractivity contribution >= 4 is 0 Å². The van der Waals surface area contributed by atoms with Gasteiger partial charge in [-0.25, -0.2) is 4.98 Å². The van der Waals surface area contributed by atoms with Crippen LogP contribution in [0.15, 0.2) is 6.07 Å². The van der Waals surface area contributed by atoms with Crippen LogP contribution in [0.25, 0.3) is 0 Å². The van der Waals surface area contributed by atoms with Gasteiger partial charge in [-0.1, -0.05) is 13.0 Å². The Morgan fingerprint density at radius 2 is 2.17 bits per heavy atom. The molecule has 2 nitrogen and oxygen atoms in total. The molecule has 0 aromatic carbocycles. The molecule has 62 valence electrons. The first-order valence-corrected chi connectivity index (χ1v) is 4.06. The smallest absolute Gasteiger partial charge is 0.143 e. The molecule has 1 rings (SSSR count). The van der Waals surface area contributed by atoms with Gasteiger partial charge in [-0.15, -0.1) is 0 Å². The quantitative estimate of drug-likeness (QED) is 0.631. The van der Waals surface area contributed by atoms with Gasteiger partial charge in [0.1, 0.15) is 11.8 Å². The fraction of sp³-hybridized carbons (Fsp3) is 0.400. The van der Waals surface area contributed by atoms with Crippen molar-refractivity contribution in [3.05, 3.63) is 28.6 Å². The zero-order chi connectivity index (χ0) is 9.14. The van der Waals surface area contributed by atoms with Gasteiger partial charge in [-0.05, 0) is 31.4 Å². The van der Waals surface area contributed by atoms with E-state index in [9.17, 15) is 0 Å². The van der Waals surface area contributed by atoms with Crippen molar-refractivity contribution in [1.82, 2.24) is 4.98 Å². The zero-order valence-electron chi connectivity index (χ0n) is 7.68. The van der Waals surface area contributed by atoms with Crippen molar-refractivity contribution < 1.29 is 0 Å². The minimum atomic E-state index is 0.570. The molecule has 0 bridgehead atoms. The van der Waals surface area contributed by atoms with Crippen LogP contribution in [-0.4, -0.2) is 4.98 Å². The number of nitrogens with zero attached hydrogens (tertiary/aromatic N) is 2. The molecule has 0 saturated carbocycles. The lowest BCUT2D eigenvalue weighted by atomic mass is 10.1. The van der Waals surface area contributed by atoms with Crippen LogP contribution in [0, 0.1) is 25.2 Å². The predicted molar refractivity (Wildman–Crippen MR) is 47.8 cm³/mol. The average Bonchev–Trinajstić information content (AvgIpc) is 2.09. The van der Waals surface area contributed by atoms with Gasteiger partial charge >= 0.3 is 0 Å². The first-order chi connectivity index (χ1) is 5.69. The Kier molecular flexibility index (Phi) is 2.44. The molecule has 0 aliphatic rings. The standard InChI is InChI=1S/C10H12N2/c1-4-9-5-7(2)8(3)12-10(9)6-11/h5H,4H2,1-3H3. The zero-order valence-corrected chi connectivity index (χ0v) is 7.68. The van der Waals surface area contributed by atoms with Gasteiger partial charge in [-0.2, -0.15) is 5.26 Å². The number of hydrogen-bond donors (Lipinski definition) is 0. The molecule has 2 heteroatoms. The second kappa shape index (κ2) is 3.36. The first-order valence-electron chi connectivity index (χ1n) is 4.06. The third kappa shape index (κ3) is 1.45. The molecule has 1 aromatic rings. The van der Waals surface area contributed by atoms with E-state index >= 15 is 0 Å². The van der Waals surface area contributed by atoms with Crippen LogP contribution in [0.2, 0.25) is 0 Å². The molecule has 0 saturated heterocycles. The van der Waals surface area contributed by atoms with E-state index in [1.54, 1.807) is 0 Å². The molecule has 0 atom stereocenters. The van der Waals surface area contributed by atoms with E-state index in [0.29, 0.717) is 5.69 Å². The Morgan fingerprint density at radius 3 is 2.67 bits per heavy atom. The summed E-state index contributed by atoms with van der Waals surface area (Å²) in [5.74, 6) is 0. The lowest BCUT2D eigenvalue weighted by molar-refractivity contribution is 1.03. The Labute approximate surface area is 72.9 Å². The number of hydrogen-bond acceptors (Lipinski definition) is 2. The fourth-order valence-corrected chi connectivity index (χ4v) is 1.13. The fourth-order valence-electron chi connectivity index (χ4n) is 1.13. The van der Waals surface area contributed by atoms with Crippen LogP contribution in [0.5, 0.6) is 0 Å². The normalized spacial score (nSPS) is 9.50. The Morgan fingerprint density at radius 1 is 1.50 bits per heavy atom. The minimum Gasteiger partial charge on any atom is -0.242 e. The van der Waals surface area contributed by atoms with Crippen molar-refractivity contribution in [3.8, 4) is 6.07 Å². The van der Waals surface area contributed by atoms with E-state index in [4.69, 9.17) is 5.26 Å². The van der Waals surface area contributed by atoms with Crippen molar-refractivity contribution in [2.45, 2.75) is 27.2 Å². The molecular formula is C10H12N2. The molecule has 1 heterocycles. The third-order valence-corrected chi connectivity index (χ3v) is 2.03. The summed E-state index contributed by atoms with van der Waals surface area (Å²) >= 11 is 0. The minimum absolute atomic E-state index is 0.570. The number of rotatable bonds is 1. The van der Waals surface area contributed by atoms with E-state index in [1.807, 2.05) is 26.8 Å². The van der Waals surface area contributed by atoms with E-state index in [-0.39, 0.29) is 0 Å². The van der Waals surface area contributed by atoms with Gasteiger partial charge in [0.15, 0.2) is 0 Å². The Bertz CT molecular complexity index is 334. The van der Waals surface area contributed by atoms with Gasteiger partial charge in [0.25, 0.3) is 0 Å². The van der Waals surface area contributed by atoms with Crippen molar-refractivity contribution in [2.75, 3.05) is 0 Å². The van der Waals surface area contributed by atoms with E-state index in [0.717, 1.165) is 23.2 Å². The van der Waals surface area contributed by atoms with Gasteiger partial charge in [0, 0.05) is 5.69 Å². The van der Waals surface area contributed by atoms with Gasteiger partial charge in [0.2, 0.25) is 0 Å². The maximum Gasteiger partial charge on any atom is 0.143 e. The summed E-state index contributed by atoms with van der Waals surface area (Å²) in [6.07, 6.45) is 0.872. The van der Waals surface area contributed by atoms with Gasteiger partial charge in [-0.3, -0.25) is 0 Å². The van der Waals surface area contributed by atoms with Crippen LogP contribution in [0.3, 0.4) is 0 Å². The molecule has 0 spiro atoms. The lowest BCUT2D eigenvalue weighted by Crippen LogP contribution is -1.96. The molecule has 0 N–H and O–H groups in total. The largest absolute Gasteiger partial charge is 0.242 e. The third-order valence-electron chi connectivity index (χ3n) is 2.03. The highest BCUT2D eigenvalue weighted by Crippen LogP contribution is 2.11. The molecule has 0 unspecified atom stereocenters. The summed E-state index contributed by atoms with van der Waals surface area (Å²) in [5, 5.41) is 8.75. The molecule has 0 aliphatic carbocycles. The number of aromatic nitrogens is 1. The first kappa shape index (κ1) is 8.73. The maximum absolute atomic E-state index is 8.75. The molecule has 0 radical (unpaired) electrons. The van der Waals surface area contributed by atoms with Gasteiger partial charge < -0.3 is 0 Å². The molecule has 0 amide bonds. The Hall–Kier alpha value is -1.36. The topological polar surface area (TPSA) is 36.7 Å². The summed E-state index contributed by atoms with van der Waals surface area (Å²) in [6, 6.07) is 4.15. The Balaban J connectivity index is 3.31. The summed E-state index contributed by atoms with van der Waals surface area (Å²) in [4.78, 5) is 4.20. The summed E-state index contributed by atoms with van der Waals surface area (Å²) in [5.41, 5.74) is 3.72. The van der Waals surface area contributed by atoms with Gasteiger partial charge in [0.05, 0.1) is 0 Å². The van der Waals surface area contributed by atoms with Crippen molar-refractivity contribution in [3.63, 3.8) is 0 Å². The van der Waals surface area contributed by atoms with Crippen LogP contribution in [-0.2, 0) is 6.42 Å². The molecular weight excluding hydrogens is 148 g/mol. The highest BCUT2D eigenvalue weighted by atomic mass is 14.7. The highest BCUT2D eigenvalue weighted by molar-refractivity contribution is 5.36. The van der Waals surface area contributed by atoms with Crippen molar-refractivity contribution in [1.29, 1.82) is 5.26 Å². The molecule has 12 heavy (non-hydrogen) atoms. The van der Waals surface area contributed by atoms with E-state index in [2.05, 4.69) is 11.1 Å². The molecule has 0 aliphatic heterocycles. The summed E-state index contributed by atoms with van der Waals surface area (Å²) in [6.45, 7) is 5.98. The van der Waals surface area contributed by atoms with E-state index in [1.165, 1.54) is 0 Å². The summed E-state index contributed by atoms with van der Waals surface area (Å²) in [7, 11) is 0. The van der Waals surface area contributed by atoms with Crippen LogP contribution < -0.4 is 0 Å². The second-order valence-electron chi connectivity index (χ2n) is 2.86. The maximum atomic E-state index is 8.75.